The van der Waals surface area contributed by atoms with Crippen molar-refractivity contribution < 1.29 is 0 Å². The zero-order valence-corrected chi connectivity index (χ0v) is 15.0. The molecule has 0 spiro atoms. The van der Waals surface area contributed by atoms with Crippen LogP contribution in [0.2, 0.25) is 0 Å². The molecule has 25 heavy (non-hydrogen) atoms. The summed E-state index contributed by atoms with van der Waals surface area (Å²) >= 11 is 1.74. The van der Waals surface area contributed by atoms with Gasteiger partial charge in [0.25, 0.3) is 0 Å². The maximum absolute atomic E-state index is 4.52. The Morgan fingerprint density at radius 1 is 0.840 bits per heavy atom. The molecule has 1 fully saturated rings. The molecule has 1 saturated heterocycles. The van der Waals surface area contributed by atoms with Gasteiger partial charge in [-0.05, 0) is 43.6 Å². The van der Waals surface area contributed by atoms with Crippen LogP contribution in [0.1, 0.15) is 24.2 Å². The maximum atomic E-state index is 4.52. The van der Waals surface area contributed by atoms with Crippen molar-refractivity contribution in [1.82, 2.24) is 19.7 Å². The monoisotopic (exact) mass is 350 g/mol. The van der Waals surface area contributed by atoms with E-state index >= 15 is 0 Å². The summed E-state index contributed by atoms with van der Waals surface area (Å²) in [4.78, 5) is 2.47. The first kappa shape index (κ1) is 16.4. The zero-order chi connectivity index (χ0) is 16.9. The van der Waals surface area contributed by atoms with Crippen LogP contribution in [0.5, 0.6) is 0 Å². The van der Waals surface area contributed by atoms with Gasteiger partial charge in [0.2, 0.25) is 0 Å². The normalized spacial score (nSPS) is 14.9. The van der Waals surface area contributed by atoms with Crippen LogP contribution in [0, 0.1) is 0 Å². The van der Waals surface area contributed by atoms with E-state index in [2.05, 4.69) is 74.3 Å². The van der Waals surface area contributed by atoms with Crippen molar-refractivity contribution in [2.45, 2.75) is 30.3 Å². The summed E-state index contributed by atoms with van der Waals surface area (Å²) in [6.45, 7) is 3.19. The van der Waals surface area contributed by atoms with Crippen molar-refractivity contribution in [2.24, 2.45) is 0 Å². The molecule has 128 valence electrons. The quantitative estimate of drug-likeness (QED) is 0.625. The molecule has 0 atom stereocenters. The highest BCUT2D eigenvalue weighted by Crippen LogP contribution is 2.26. The number of hydrogen-bond acceptors (Lipinski definition) is 4. The molecule has 0 radical (unpaired) electrons. The van der Waals surface area contributed by atoms with Crippen LogP contribution >= 0.6 is 11.8 Å². The lowest BCUT2D eigenvalue weighted by atomic mass is 10.2. The fourth-order valence-electron chi connectivity index (χ4n) is 3.20. The average molecular weight is 350 g/mol. The molecule has 4 rings (SSSR count). The highest BCUT2D eigenvalue weighted by atomic mass is 32.2. The van der Waals surface area contributed by atoms with E-state index in [1.165, 1.54) is 18.4 Å². The summed E-state index contributed by atoms with van der Waals surface area (Å²) in [5.74, 6) is 1.93. The van der Waals surface area contributed by atoms with E-state index in [-0.39, 0.29) is 0 Å². The fourth-order valence-corrected chi connectivity index (χ4v) is 4.12. The molecule has 0 bridgehead atoms. The molecule has 2 heterocycles. The Hall–Kier alpha value is -2.11. The molecule has 1 aromatic heterocycles. The third-order valence-electron chi connectivity index (χ3n) is 4.49. The number of para-hydroxylation sites is 1. The molecule has 0 saturated carbocycles. The molecular weight excluding hydrogens is 328 g/mol. The smallest absolute Gasteiger partial charge is 0.196 e. The Morgan fingerprint density at radius 3 is 2.24 bits per heavy atom. The molecule has 0 unspecified atom stereocenters. The summed E-state index contributed by atoms with van der Waals surface area (Å²) in [6, 6.07) is 21.0. The topological polar surface area (TPSA) is 34.0 Å². The van der Waals surface area contributed by atoms with E-state index in [9.17, 15) is 0 Å². The third kappa shape index (κ3) is 3.94. The number of aromatic nitrogens is 3. The summed E-state index contributed by atoms with van der Waals surface area (Å²) in [5.41, 5.74) is 2.44. The molecule has 1 aliphatic heterocycles. The largest absolute Gasteiger partial charge is 0.296 e. The van der Waals surface area contributed by atoms with Crippen LogP contribution < -0.4 is 0 Å². The molecule has 2 aromatic carbocycles. The minimum atomic E-state index is 0.869. The lowest BCUT2D eigenvalue weighted by molar-refractivity contribution is 0.319. The van der Waals surface area contributed by atoms with Gasteiger partial charge in [0.1, 0.15) is 0 Å². The maximum Gasteiger partial charge on any atom is 0.196 e. The standard InChI is InChI=1S/C20H22N4S/c1-3-9-17(10-4-1)16-25-20-22-21-19(15-23-13-7-8-14-23)24(20)18-11-5-2-6-12-18/h1-6,9-12H,7-8,13-16H2. The first-order valence-corrected chi connectivity index (χ1v) is 9.77. The van der Waals surface area contributed by atoms with Crippen LogP contribution in [0.3, 0.4) is 0 Å². The van der Waals surface area contributed by atoms with Crippen molar-refractivity contribution in [1.29, 1.82) is 0 Å². The zero-order valence-electron chi connectivity index (χ0n) is 14.2. The second-order valence-electron chi connectivity index (χ2n) is 6.33. The molecule has 5 heteroatoms. The predicted molar refractivity (Wildman–Crippen MR) is 102 cm³/mol. The first-order chi connectivity index (χ1) is 12.4. The number of hydrogen-bond donors (Lipinski definition) is 0. The average Bonchev–Trinajstić information content (AvgIpc) is 3.32. The summed E-state index contributed by atoms with van der Waals surface area (Å²) in [6.07, 6.45) is 2.57. The van der Waals surface area contributed by atoms with Gasteiger partial charge in [-0.1, -0.05) is 60.3 Å². The van der Waals surface area contributed by atoms with Crippen LogP contribution in [-0.2, 0) is 12.3 Å². The Bertz CT molecular complexity index is 795. The van der Waals surface area contributed by atoms with Gasteiger partial charge in [-0.25, -0.2) is 0 Å². The second-order valence-corrected chi connectivity index (χ2v) is 7.27. The third-order valence-corrected chi connectivity index (χ3v) is 5.49. The highest BCUT2D eigenvalue weighted by Gasteiger charge is 2.19. The van der Waals surface area contributed by atoms with Crippen LogP contribution in [-0.4, -0.2) is 32.8 Å². The lowest BCUT2D eigenvalue weighted by Crippen LogP contribution is -2.21. The molecule has 0 amide bonds. The van der Waals surface area contributed by atoms with Gasteiger partial charge in [-0.3, -0.25) is 9.47 Å². The van der Waals surface area contributed by atoms with Gasteiger partial charge in [-0.2, -0.15) is 0 Å². The summed E-state index contributed by atoms with van der Waals surface area (Å²) in [5, 5.41) is 9.98. The summed E-state index contributed by atoms with van der Waals surface area (Å²) in [7, 11) is 0. The second kappa shape index (κ2) is 7.85. The number of likely N-dealkylation sites (tertiary alicyclic amines) is 1. The van der Waals surface area contributed by atoms with E-state index in [4.69, 9.17) is 0 Å². The van der Waals surface area contributed by atoms with Gasteiger partial charge in [0.05, 0.1) is 6.54 Å². The van der Waals surface area contributed by atoms with Crippen molar-refractivity contribution in [3.05, 3.63) is 72.1 Å². The Balaban J connectivity index is 1.60. The van der Waals surface area contributed by atoms with Gasteiger partial charge >= 0.3 is 0 Å². The van der Waals surface area contributed by atoms with Gasteiger partial charge in [0.15, 0.2) is 11.0 Å². The van der Waals surface area contributed by atoms with E-state index in [0.29, 0.717) is 0 Å². The van der Waals surface area contributed by atoms with E-state index < -0.39 is 0 Å². The predicted octanol–water partition coefficient (Wildman–Crippen LogP) is 4.16. The van der Waals surface area contributed by atoms with E-state index in [1.807, 2.05) is 6.07 Å². The minimum absolute atomic E-state index is 0.869. The molecule has 0 N–H and O–H groups in total. The van der Waals surface area contributed by atoms with Crippen molar-refractivity contribution in [3.8, 4) is 5.69 Å². The van der Waals surface area contributed by atoms with Gasteiger partial charge in [0, 0.05) is 11.4 Å². The molecule has 0 aliphatic carbocycles. The molecule has 3 aromatic rings. The lowest BCUT2D eigenvalue weighted by Gasteiger charge is -2.16. The summed E-state index contributed by atoms with van der Waals surface area (Å²) < 4.78 is 2.21. The van der Waals surface area contributed by atoms with E-state index in [1.54, 1.807) is 11.8 Å². The number of rotatable bonds is 6. The van der Waals surface area contributed by atoms with Crippen molar-refractivity contribution in [2.75, 3.05) is 13.1 Å². The Labute approximate surface area is 152 Å². The van der Waals surface area contributed by atoms with Crippen molar-refractivity contribution in [3.63, 3.8) is 0 Å². The van der Waals surface area contributed by atoms with Crippen molar-refractivity contribution >= 4 is 11.8 Å². The number of benzene rings is 2. The van der Waals surface area contributed by atoms with Gasteiger partial charge in [-0.15, -0.1) is 10.2 Å². The molecule has 1 aliphatic rings. The van der Waals surface area contributed by atoms with Gasteiger partial charge < -0.3 is 0 Å². The number of nitrogens with zero attached hydrogens (tertiary/aromatic N) is 4. The van der Waals surface area contributed by atoms with Crippen LogP contribution in [0.4, 0.5) is 0 Å². The molecule has 4 nitrogen and oxygen atoms in total. The first-order valence-electron chi connectivity index (χ1n) is 8.79. The highest BCUT2D eigenvalue weighted by molar-refractivity contribution is 7.98. The van der Waals surface area contributed by atoms with E-state index in [0.717, 1.165) is 42.1 Å². The minimum Gasteiger partial charge on any atom is -0.296 e. The number of thioether (sulfide) groups is 1. The Morgan fingerprint density at radius 2 is 1.52 bits per heavy atom. The van der Waals surface area contributed by atoms with Crippen LogP contribution in [0.15, 0.2) is 65.8 Å². The SMILES string of the molecule is c1ccc(CSc2nnc(CN3CCCC3)n2-c2ccccc2)cc1. The van der Waals surface area contributed by atoms with Crippen LogP contribution in [0.25, 0.3) is 5.69 Å². The molecular formula is C20H22N4S. The Kier molecular flexibility index (Phi) is 5.14. The fraction of sp³-hybridized carbons (Fsp3) is 0.300.